The Bertz CT molecular complexity index is 685. The lowest BCUT2D eigenvalue weighted by Crippen LogP contribution is -2.43. The van der Waals surface area contributed by atoms with Crippen LogP contribution in [0.15, 0.2) is 40.9 Å². The van der Waals surface area contributed by atoms with E-state index in [1.54, 1.807) is 6.07 Å². The molecular weight excluding hydrogens is 326 g/mol. The molecule has 24 heavy (non-hydrogen) atoms. The molecule has 128 valence electrons. The lowest BCUT2D eigenvalue weighted by atomic mass is 9.78. The number of piperidine rings is 1. The molecule has 0 bridgehead atoms. The Balaban J connectivity index is 0.00000169. The van der Waals surface area contributed by atoms with Gasteiger partial charge in [-0.05, 0) is 31.2 Å². The zero-order valence-electron chi connectivity index (χ0n) is 13.5. The van der Waals surface area contributed by atoms with E-state index in [0.717, 1.165) is 44.6 Å². The summed E-state index contributed by atoms with van der Waals surface area (Å²) < 4.78 is 5.30. The van der Waals surface area contributed by atoms with Crippen LogP contribution in [0.3, 0.4) is 0 Å². The van der Waals surface area contributed by atoms with Crippen molar-refractivity contribution in [2.45, 2.75) is 19.3 Å². The number of aromatic nitrogens is 1. The molecule has 1 aromatic heterocycles. The molecule has 4 rings (SSSR count). The van der Waals surface area contributed by atoms with Crippen LogP contribution in [0.4, 0.5) is 0 Å². The van der Waals surface area contributed by atoms with Gasteiger partial charge in [-0.3, -0.25) is 4.79 Å². The zero-order chi connectivity index (χ0) is 15.7. The number of hydrogen-bond acceptors (Lipinski definition) is 4. The third kappa shape index (κ3) is 3.19. The minimum atomic E-state index is -0.0412. The molecule has 0 radical (unpaired) electrons. The second-order valence-corrected chi connectivity index (χ2v) is 6.66. The number of carbonyl (C=O) groups excluding carboxylic acids is 1. The van der Waals surface area contributed by atoms with Gasteiger partial charge in [0.05, 0.1) is 0 Å². The maximum atomic E-state index is 12.6. The fourth-order valence-corrected chi connectivity index (χ4v) is 3.68. The van der Waals surface area contributed by atoms with Crippen molar-refractivity contribution in [3.63, 3.8) is 0 Å². The van der Waals surface area contributed by atoms with Crippen molar-refractivity contribution < 1.29 is 9.32 Å². The van der Waals surface area contributed by atoms with Gasteiger partial charge in [0, 0.05) is 31.3 Å². The Kier molecular flexibility index (Phi) is 4.92. The molecule has 2 aliphatic rings. The quantitative estimate of drug-likeness (QED) is 0.907. The molecule has 3 heterocycles. The highest BCUT2D eigenvalue weighted by Crippen LogP contribution is 2.37. The SMILES string of the molecule is Cl.O=C(c1cc(-c2ccccc2)no1)N1CCC2(CCNC2)CC1. The Morgan fingerprint density at radius 1 is 1.17 bits per heavy atom. The molecule has 2 fully saturated rings. The number of benzene rings is 1. The van der Waals surface area contributed by atoms with Crippen molar-refractivity contribution in [3.05, 3.63) is 42.2 Å². The summed E-state index contributed by atoms with van der Waals surface area (Å²) in [6, 6.07) is 11.5. The first-order valence-corrected chi connectivity index (χ1v) is 8.28. The lowest BCUT2D eigenvalue weighted by Gasteiger charge is -2.38. The highest BCUT2D eigenvalue weighted by atomic mass is 35.5. The van der Waals surface area contributed by atoms with E-state index in [-0.39, 0.29) is 18.3 Å². The van der Waals surface area contributed by atoms with E-state index in [9.17, 15) is 4.79 Å². The summed E-state index contributed by atoms with van der Waals surface area (Å²) in [5.74, 6) is 0.296. The number of amides is 1. The predicted molar refractivity (Wildman–Crippen MR) is 94.2 cm³/mol. The van der Waals surface area contributed by atoms with Crippen LogP contribution < -0.4 is 5.32 Å². The van der Waals surface area contributed by atoms with Gasteiger partial charge < -0.3 is 14.7 Å². The van der Waals surface area contributed by atoms with E-state index in [1.165, 1.54) is 6.42 Å². The molecule has 1 spiro atoms. The van der Waals surface area contributed by atoms with Crippen molar-refractivity contribution in [2.24, 2.45) is 5.41 Å². The fraction of sp³-hybridized carbons (Fsp3) is 0.444. The largest absolute Gasteiger partial charge is 0.350 e. The average Bonchev–Trinajstić information content (AvgIpc) is 3.26. The molecule has 0 atom stereocenters. The van der Waals surface area contributed by atoms with Gasteiger partial charge in [-0.1, -0.05) is 35.5 Å². The van der Waals surface area contributed by atoms with Crippen LogP contribution in [0.25, 0.3) is 11.3 Å². The zero-order valence-corrected chi connectivity index (χ0v) is 14.3. The number of nitrogens with one attached hydrogen (secondary N) is 1. The third-order valence-electron chi connectivity index (χ3n) is 5.23. The number of carbonyl (C=O) groups is 1. The summed E-state index contributed by atoms with van der Waals surface area (Å²) >= 11 is 0. The van der Waals surface area contributed by atoms with Crippen LogP contribution in [0, 0.1) is 5.41 Å². The molecular formula is C18H22ClN3O2. The van der Waals surface area contributed by atoms with Crippen LogP contribution >= 0.6 is 12.4 Å². The van der Waals surface area contributed by atoms with E-state index < -0.39 is 0 Å². The second-order valence-electron chi connectivity index (χ2n) is 6.66. The smallest absolute Gasteiger partial charge is 0.292 e. The van der Waals surface area contributed by atoms with Gasteiger partial charge in [0.25, 0.3) is 5.91 Å². The Labute approximate surface area is 147 Å². The first-order valence-electron chi connectivity index (χ1n) is 8.28. The van der Waals surface area contributed by atoms with E-state index in [0.29, 0.717) is 16.9 Å². The summed E-state index contributed by atoms with van der Waals surface area (Å²) in [6.07, 6.45) is 3.38. The molecule has 1 N–H and O–H groups in total. The van der Waals surface area contributed by atoms with Gasteiger partial charge in [-0.15, -0.1) is 12.4 Å². The van der Waals surface area contributed by atoms with Crippen LogP contribution in [0.1, 0.15) is 29.8 Å². The Morgan fingerprint density at radius 3 is 2.58 bits per heavy atom. The summed E-state index contributed by atoms with van der Waals surface area (Å²) in [5.41, 5.74) is 2.08. The Hall–Kier alpha value is -1.85. The predicted octanol–water partition coefficient (Wildman–Crippen LogP) is 2.98. The van der Waals surface area contributed by atoms with E-state index in [4.69, 9.17) is 4.52 Å². The van der Waals surface area contributed by atoms with Gasteiger partial charge >= 0.3 is 0 Å². The van der Waals surface area contributed by atoms with E-state index >= 15 is 0 Å². The van der Waals surface area contributed by atoms with Crippen molar-refractivity contribution in [1.29, 1.82) is 0 Å². The molecule has 2 aliphatic heterocycles. The van der Waals surface area contributed by atoms with Gasteiger partial charge in [-0.2, -0.15) is 0 Å². The maximum Gasteiger partial charge on any atom is 0.292 e. The standard InChI is InChI=1S/C18H21N3O2.ClH/c22-17(21-10-7-18(8-11-21)6-9-19-13-18)16-12-15(20-23-16)14-4-2-1-3-5-14;/h1-5,12,19H,6-11,13H2;1H. The van der Waals surface area contributed by atoms with Gasteiger partial charge in [-0.25, -0.2) is 0 Å². The third-order valence-corrected chi connectivity index (χ3v) is 5.23. The Morgan fingerprint density at radius 2 is 1.92 bits per heavy atom. The van der Waals surface area contributed by atoms with Crippen molar-refractivity contribution in [1.82, 2.24) is 15.4 Å². The lowest BCUT2D eigenvalue weighted by molar-refractivity contribution is 0.0568. The normalized spacial score (nSPS) is 19.2. The minimum absolute atomic E-state index is 0. The van der Waals surface area contributed by atoms with Crippen molar-refractivity contribution in [3.8, 4) is 11.3 Å². The molecule has 1 amide bonds. The molecule has 2 aromatic rings. The number of nitrogens with zero attached hydrogens (tertiary/aromatic N) is 2. The maximum absolute atomic E-state index is 12.6. The molecule has 2 saturated heterocycles. The average molecular weight is 348 g/mol. The van der Waals surface area contributed by atoms with Gasteiger partial charge in [0.2, 0.25) is 5.76 Å². The van der Waals surface area contributed by atoms with Crippen LogP contribution in [-0.4, -0.2) is 42.1 Å². The molecule has 0 unspecified atom stereocenters. The number of rotatable bonds is 2. The van der Waals surface area contributed by atoms with E-state index in [1.807, 2.05) is 35.2 Å². The topological polar surface area (TPSA) is 58.4 Å². The molecule has 1 aromatic carbocycles. The summed E-state index contributed by atoms with van der Waals surface area (Å²) in [5, 5.41) is 7.49. The summed E-state index contributed by atoms with van der Waals surface area (Å²) in [7, 11) is 0. The van der Waals surface area contributed by atoms with Crippen LogP contribution in [0.5, 0.6) is 0 Å². The molecule has 5 nitrogen and oxygen atoms in total. The van der Waals surface area contributed by atoms with Crippen molar-refractivity contribution >= 4 is 18.3 Å². The number of hydrogen-bond donors (Lipinski definition) is 1. The highest BCUT2D eigenvalue weighted by molar-refractivity contribution is 5.92. The van der Waals surface area contributed by atoms with Crippen LogP contribution in [0.2, 0.25) is 0 Å². The molecule has 0 saturated carbocycles. The first-order chi connectivity index (χ1) is 11.3. The monoisotopic (exact) mass is 347 g/mol. The molecule has 0 aliphatic carbocycles. The first kappa shape index (κ1) is 17.0. The number of likely N-dealkylation sites (tertiary alicyclic amines) is 1. The van der Waals surface area contributed by atoms with Crippen molar-refractivity contribution in [2.75, 3.05) is 26.2 Å². The fourth-order valence-electron chi connectivity index (χ4n) is 3.68. The van der Waals surface area contributed by atoms with Gasteiger partial charge in [0.1, 0.15) is 5.69 Å². The summed E-state index contributed by atoms with van der Waals surface area (Å²) in [4.78, 5) is 14.5. The summed E-state index contributed by atoms with van der Waals surface area (Å²) in [6.45, 7) is 3.82. The van der Waals surface area contributed by atoms with Crippen LogP contribution in [-0.2, 0) is 0 Å². The number of halogens is 1. The highest BCUT2D eigenvalue weighted by Gasteiger charge is 2.38. The minimum Gasteiger partial charge on any atom is -0.350 e. The molecule has 6 heteroatoms. The van der Waals surface area contributed by atoms with E-state index in [2.05, 4.69) is 10.5 Å². The second kappa shape index (κ2) is 6.95. The van der Waals surface area contributed by atoms with Gasteiger partial charge in [0.15, 0.2) is 0 Å².